The number of hydrogen-bond donors (Lipinski definition) is 2. The Balaban J connectivity index is 2.40. The molecule has 2 N–H and O–H groups in total. The van der Waals surface area contributed by atoms with Crippen molar-refractivity contribution < 1.29 is 4.79 Å². The second-order valence-corrected chi connectivity index (χ2v) is 6.37. The van der Waals surface area contributed by atoms with Crippen LogP contribution in [0.4, 0.5) is 5.13 Å². The van der Waals surface area contributed by atoms with E-state index in [0.29, 0.717) is 6.54 Å². The summed E-state index contributed by atoms with van der Waals surface area (Å²) >= 11 is 2.94. The third-order valence-electron chi connectivity index (χ3n) is 2.21. The first-order valence-corrected chi connectivity index (χ1v) is 7.88. The molecule has 18 heavy (non-hydrogen) atoms. The zero-order valence-corrected chi connectivity index (χ0v) is 12.7. The second kappa shape index (κ2) is 8.31. The minimum atomic E-state index is -0.138. The Morgan fingerprint density at radius 2 is 2.22 bits per heavy atom. The van der Waals surface area contributed by atoms with Gasteiger partial charge in [-0.05, 0) is 20.3 Å². The predicted octanol–water partition coefficient (Wildman–Crippen LogP) is 2.37. The highest BCUT2D eigenvalue weighted by molar-refractivity contribution is 8.02. The average molecular weight is 288 g/mol. The van der Waals surface area contributed by atoms with Crippen molar-refractivity contribution >= 4 is 34.1 Å². The highest BCUT2D eigenvalue weighted by Gasteiger charge is 2.16. The molecule has 1 aromatic heterocycles. The monoisotopic (exact) mass is 288 g/mol. The van der Waals surface area contributed by atoms with Gasteiger partial charge in [0.25, 0.3) is 0 Å². The largest absolute Gasteiger partial charge is 0.360 e. The van der Waals surface area contributed by atoms with Crippen molar-refractivity contribution in [3.8, 4) is 0 Å². The van der Waals surface area contributed by atoms with Crippen LogP contribution in [0.1, 0.15) is 33.6 Å². The number of rotatable bonds is 8. The van der Waals surface area contributed by atoms with Gasteiger partial charge in [0.2, 0.25) is 11.0 Å². The van der Waals surface area contributed by atoms with Crippen LogP contribution in [-0.2, 0) is 4.79 Å². The van der Waals surface area contributed by atoms with E-state index in [-0.39, 0.29) is 11.2 Å². The standard InChI is InChI=1S/C11H20N4OS2/c1-4-6-7-13-10-14-15-11(18-10)17-8(3)9(16)12-5-2/h8H,4-7H2,1-3H3,(H,12,16)(H,13,14). The molecule has 1 atom stereocenters. The molecule has 0 bridgehead atoms. The van der Waals surface area contributed by atoms with E-state index in [0.717, 1.165) is 28.9 Å². The van der Waals surface area contributed by atoms with Crippen molar-refractivity contribution in [2.24, 2.45) is 0 Å². The van der Waals surface area contributed by atoms with Crippen LogP contribution >= 0.6 is 23.1 Å². The van der Waals surface area contributed by atoms with Crippen molar-refractivity contribution in [1.29, 1.82) is 0 Å². The van der Waals surface area contributed by atoms with Gasteiger partial charge in [-0.3, -0.25) is 4.79 Å². The molecule has 102 valence electrons. The van der Waals surface area contributed by atoms with Crippen molar-refractivity contribution in [2.75, 3.05) is 18.4 Å². The minimum absolute atomic E-state index is 0.0400. The zero-order valence-electron chi connectivity index (χ0n) is 11.0. The first-order chi connectivity index (χ1) is 8.67. The first kappa shape index (κ1) is 15.2. The van der Waals surface area contributed by atoms with E-state index in [1.807, 2.05) is 13.8 Å². The molecule has 5 nitrogen and oxygen atoms in total. The summed E-state index contributed by atoms with van der Waals surface area (Å²) in [5.74, 6) is 0.0400. The lowest BCUT2D eigenvalue weighted by Crippen LogP contribution is -2.30. The van der Waals surface area contributed by atoms with Crippen LogP contribution in [0, 0.1) is 0 Å². The van der Waals surface area contributed by atoms with E-state index in [1.165, 1.54) is 23.1 Å². The molecule has 0 fully saturated rings. The normalized spacial score (nSPS) is 12.2. The van der Waals surface area contributed by atoms with Gasteiger partial charge in [0.1, 0.15) is 0 Å². The summed E-state index contributed by atoms with van der Waals surface area (Å²) < 4.78 is 0.827. The summed E-state index contributed by atoms with van der Waals surface area (Å²) in [5, 5.41) is 14.8. The number of carbonyl (C=O) groups excluding carboxylic acids is 1. The maximum atomic E-state index is 11.6. The second-order valence-electron chi connectivity index (χ2n) is 3.81. The lowest BCUT2D eigenvalue weighted by molar-refractivity contribution is -0.120. The van der Waals surface area contributed by atoms with Crippen LogP contribution in [0.5, 0.6) is 0 Å². The fourth-order valence-electron chi connectivity index (χ4n) is 1.22. The molecule has 0 saturated carbocycles. The molecular formula is C11H20N4OS2. The molecule has 1 unspecified atom stereocenters. The molecule has 1 heterocycles. The van der Waals surface area contributed by atoms with E-state index in [9.17, 15) is 4.79 Å². The summed E-state index contributed by atoms with van der Waals surface area (Å²) in [4.78, 5) is 11.6. The zero-order chi connectivity index (χ0) is 13.4. The fourth-order valence-corrected chi connectivity index (χ4v) is 3.17. The van der Waals surface area contributed by atoms with Gasteiger partial charge in [-0.15, -0.1) is 10.2 Å². The summed E-state index contributed by atoms with van der Waals surface area (Å²) in [6.45, 7) is 7.51. The maximum Gasteiger partial charge on any atom is 0.233 e. The number of aromatic nitrogens is 2. The summed E-state index contributed by atoms with van der Waals surface area (Å²) in [6, 6.07) is 0. The van der Waals surface area contributed by atoms with Crippen LogP contribution in [0.2, 0.25) is 0 Å². The topological polar surface area (TPSA) is 66.9 Å². The Labute approximate surface area is 116 Å². The highest BCUT2D eigenvalue weighted by atomic mass is 32.2. The Bertz CT molecular complexity index is 370. The fraction of sp³-hybridized carbons (Fsp3) is 0.727. The molecule has 0 aliphatic carbocycles. The van der Waals surface area contributed by atoms with Crippen molar-refractivity contribution in [3.05, 3.63) is 0 Å². The Hall–Kier alpha value is -0.820. The van der Waals surface area contributed by atoms with Crippen molar-refractivity contribution in [2.45, 2.75) is 43.2 Å². The van der Waals surface area contributed by atoms with Crippen molar-refractivity contribution in [3.63, 3.8) is 0 Å². The molecule has 0 aliphatic heterocycles. The van der Waals surface area contributed by atoms with Crippen LogP contribution in [0.25, 0.3) is 0 Å². The molecule has 0 saturated heterocycles. The number of unbranched alkanes of at least 4 members (excludes halogenated alkanes) is 1. The SMILES string of the molecule is CCCCNc1nnc(SC(C)C(=O)NCC)s1. The number of anilines is 1. The van der Waals surface area contributed by atoms with Crippen LogP contribution in [0.3, 0.4) is 0 Å². The molecule has 0 radical (unpaired) electrons. The summed E-state index contributed by atoms with van der Waals surface area (Å²) in [7, 11) is 0. The van der Waals surface area contributed by atoms with E-state index >= 15 is 0 Å². The maximum absolute atomic E-state index is 11.6. The third-order valence-corrected chi connectivity index (χ3v) is 4.28. The lowest BCUT2D eigenvalue weighted by Gasteiger charge is -2.07. The van der Waals surface area contributed by atoms with E-state index < -0.39 is 0 Å². The van der Waals surface area contributed by atoms with Crippen molar-refractivity contribution in [1.82, 2.24) is 15.5 Å². The molecule has 1 rings (SSSR count). The van der Waals surface area contributed by atoms with Crippen LogP contribution in [-0.4, -0.2) is 34.4 Å². The Morgan fingerprint density at radius 3 is 2.89 bits per heavy atom. The number of amides is 1. The lowest BCUT2D eigenvalue weighted by atomic mass is 10.3. The van der Waals surface area contributed by atoms with Gasteiger partial charge in [-0.25, -0.2) is 0 Å². The van der Waals surface area contributed by atoms with Gasteiger partial charge in [0, 0.05) is 13.1 Å². The quantitative estimate of drug-likeness (QED) is 0.568. The molecule has 0 spiro atoms. The average Bonchev–Trinajstić information content (AvgIpc) is 2.77. The smallest absolute Gasteiger partial charge is 0.233 e. The van der Waals surface area contributed by atoms with Gasteiger partial charge in [-0.1, -0.05) is 36.4 Å². The van der Waals surface area contributed by atoms with E-state index in [1.54, 1.807) is 0 Å². The Morgan fingerprint density at radius 1 is 1.44 bits per heavy atom. The van der Waals surface area contributed by atoms with Gasteiger partial charge < -0.3 is 10.6 Å². The van der Waals surface area contributed by atoms with Gasteiger partial charge in [0.15, 0.2) is 4.34 Å². The van der Waals surface area contributed by atoms with Gasteiger partial charge >= 0.3 is 0 Å². The molecule has 0 aliphatic rings. The highest BCUT2D eigenvalue weighted by Crippen LogP contribution is 2.28. The molecule has 0 aromatic carbocycles. The third kappa shape index (κ3) is 5.22. The van der Waals surface area contributed by atoms with E-state index in [2.05, 4.69) is 27.8 Å². The summed E-state index contributed by atoms with van der Waals surface area (Å²) in [6.07, 6.45) is 2.28. The number of carbonyl (C=O) groups is 1. The minimum Gasteiger partial charge on any atom is -0.360 e. The molecule has 1 aromatic rings. The predicted molar refractivity (Wildman–Crippen MR) is 77.3 cm³/mol. The number of hydrogen-bond acceptors (Lipinski definition) is 6. The number of nitrogens with zero attached hydrogens (tertiary/aromatic N) is 2. The van der Waals surface area contributed by atoms with E-state index in [4.69, 9.17) is 0 Å². The first-order valence-electron chi connectivity index (χ1n) is 6.19. The van der Waals surface area contributed by atoms with Gasteiger partial charge in [-0.2, -0.15) is 0 Å². The molecule has 7 heteroatoms. The van der Waals surface area contributed by atoms with Crippen LogP contribution < -0.4 is 10.6 Å². The Kier molecular flexibility index (Phi) is 7.04. The van der Waals surface area contributed by atoms with Gasteiger partial charge in [0.05, 0.1) is 5.25 Å². The molecule has 1 amide bonds. The van der Waals surface area contributed by atoms with Crippen LogP contribution in [0.15, 0.2) is 4.34 Å². The number of nitrogens with one attached hydrogen (secondary N) is 2. The number of thioether (sulfide) groups is 1. The summed E-state index contributed by atoms with van der Waals surface area (Å²) in [5.41, 5.74) is 0. The molecular weight excluding hydrogens is 268 g/mol.